The van der Waals surface area contributed by atoms with E-state index in [4.69, 9.17) is 5.73 Å². The Bertz CT molecular complexity index is 724. The number of phenolic OH excluding ortho intramolecular Hbond substituents is 1. The lowest BCUT2D eigenvalue weighted by molar-refractivity contribution is 0.477. The molecule has 0 saturated carbocycles. The molecule has 1 aromatic heterocycles. The summed E-state index contributed by atoms with van der Waals surface area (Å²) in [6.07, 6.45) is 0.677. The zero-order valence-corrected chi connectivity index (χ0v) is 11.4. The van der Waals surface area contributed by atoms with Gasteiger partial charge in [-0.05, 0) is 24.1 Å². The summed E-state index contributed by atoms with van der Waals surface area (Å²) >= 11 is 0. The largest absolute Gasteiger partial charge is 0.507 e. The van der Waals surface area contributed by atoms with Gasteiger partial charge in [-0.15, -0.1) is 0 Å². The van der Waals surface area contributed by atoms with E-state index in [-0.39, 0.29) is 11.8 Å². The molecule has 21 heavy (non-hydrogen) atoms. The van der Waals surface area contributed by atoms with Crippen molar-refractivity contribution in [3.63, 3.8) is 0 Å². The van der Waals surface area contributed by atoms with Crippen LogP contribution in [0.3, 0.4) is 0 Å². The van der Waals surface area contributed by atoms with Crippen LogP contribution in [-0.2, 0) is 6.42 Å². The van der Waals surface area contributed by atoms with E-state index in [1.54, 1.807) is 18.2 Å². The van der Waals surface area contributed by atoms with Gasteiger partial charge < -0.3 is 10.8 Å². The number of hydrogen-bond acceptors (Lipinski definition) is 4. The Kier molecular flexibility index (Phi) is 3.66. The molecule has 1 heterocycles. The van der Waals surface area contributed by atoms with Gasteiger partial charge in [0.2, 0.25) is 0 Å². The zero-order chi connectivity index (χ0) is 14.7. The number of aromatic amines is 1. The van der Waals surface area contributed by atoms with Crippen LogP contribution in [0.4, 0.5) is 0 Å². The molecule has 0 fully saturated rings. The van der Waals surface area contributed by atoms with Gasteiger partial charge in [0.1, 0.15) is 11.6 Å². The summed E-state index contributed by atoms with van der Waals surface area (Å²) in [5.41, 5.74) is 7.89. The normalized spacial score (nSPS) is 12.2. The van der Waals surface area contributed by atoms with Crippen molar-refractivity contribution in [2.24, 2.45) is 5.73 Å². The highest BCUT2D eigenvalue weighted by molar-refractivity contribution is 5.62. The molecular formula is C16H16N4O. The van der Waals surface area contributed by atoms with Gasteiger partial charge in [0, 0.05) is 0 Å². The van der Waals surface area contributed by atoms with Crippen LogP contribution < -0.4 is 5.73 Å². The fraction of sp³-hybridized carbons (Fsp3) is 0.125. The summed E-state index contributed by atoms with van der Waals surface area (Å²) in [4.78, 5) is 4.39. The van der Waals surface area contributed by atoms with Crippen molar-refractivity contribution in [2.75, 3.05) is 0 Å². The van der Waals surface area contributed by atoms with Crippen molar-refractivity contribution in [1.29, 1.82) is 0 Å². The third-order valence-electron chi connectivity index (χ3n) is 3.30. The maximum Gasteiger partial charge on any atom is 0.184 e. The Balaban J connectivity index is 1.80. The number of benzene rings is 2. The summed E-state index contributed by atoms with van der Waals surface area (Å²) in [7, 11) is 0. The number of aromatic hydroxyl groups is 1. The van der Waals surface area contributed by atoms with Crippen LogP contribution >= 0.6 is 0 Å². The van der Waals surface area contributed by atoms with Gasteiger partial charge in [-0.3, -0.25) is 5.10 Å². The second-order valence-corrected chi connectivity index (χ2v) is 4.86. The van der Waals surface area contributed by atoms with Crippen molar-refractivity contribution in [3.8, 4) is 17.1 Å². The predicted molar refractivity (Wildman–Crippen MR) is 80.6 cm³/mol. The number of nitrogens with zero attached hydrogens (tertiary/aromatic N) is 2. The molecule has 3 rings (SSSR count). The van der Waals surface area contributed by atoms with Crippen molar-refractivity contribution in [3.05, 3.63) is 66.0 Å². The van der Waals surface area contributed by atoms with E-state index in [9.17, 15) is 5.11 Å². The van der Waals surface area contributed by atoms with Crippen molar-refractivity contribution in [1.82, 2.24) is 15.2 Å². The summed E-state index contributed by atoms with van der Waals surface area (Å²) < 4.78 is 0. The highest BCUT2D eigenvalue weighted by atomic mass is 16.3. The lowest BCUT2D eigenvalue weighted by atomic mass is 10.1. The van der Waals surface area contributed by atoms with E-state index in [2.05, 4.69) is 15.2 Å². The minimum absolute atomic E-state index is 0.152. The minimum atomic E-state index is -0.264. The first-order valence-corrected chi connectivity index (χ1v) is 6.74. The number of hydrogen-bond donors (Lipinski definition) is 3. The molecule has 2 aromatic carbocycles. The van der Waals surface area contributed by atoms with Crippen molar-refractivity contribution in [2.45, 2.75) is 12.5 Å². The Labute approximate surface area is 122 Å². The molecule has 106 valence electrons. The minimum Gasteiger partial charge on any atom is -0.507 e. The number of para-hydroxylation sites is 1. The fourth-order valence-corrected chi connectivity index (χ4v) is 2.19. The fourth-order valence-electron chi connectivity index (χ4n) is 2.19. The third-order valence-corrected chi connectivity index (χ3v) is 3.30. The third kappa shape index (κ3) is 2.93. The van der Waals surface area contributed by atoms with Crippen LogP contribution in [0.25, 0.3) is 11.4 Å². The molecule has 0 unspecified atom stereocenters. The molecule has 0 aliphatic rings. The number of phenols is 1. The van der Waals surface area contributed by atoms with E-state index < -0.39 is 0 Å². The van der Waals surface area contributed by atoms with Gasteiger partial charge in [-0.2, -0.15) is 5.10 Å². The highest BCUT2D eigenvalue weighted by Crippen LogP contribution is 2.26. The average molecular weight is 280 g/mol. The lowest BCUT2D eigenvalue weighted by Crippen LogP contribution is -2.15. The van der Waals surface area contributed by atoms with Crippen molar-refractivity contribution < 1.29 is 5.11 Å². The predicted octanol–water partition coefficient (Wildman–Crippen LogP) is 2.42. The number of nitrogens with two attached hydrogens (primary N) is 1. The maximum absolute atomic E-state index is 9.82. The van der Waals surface area contributed by atoms with Crippen LogP contribution in [0.5, 0.6) is 5.75 Å². The first kappa shape index (κ1) is 13.3. The van der Waals surface area contributed by atoms with Gasteiger partial charge in [-0.1, -0.05) is 42.5 Å². The van der Waals surface area contributed by atoms with E-state index >= 15 is 0 Å². The Hall–Kier alpha value is -2.66. The first-order valence-electron chi connectivity index (χ1n) is 6.74. The van der Waals surface area contributed by atoms with Crippen LogP contribution in [0.1, 0.15) is 17.4 Å². The van der Waals surface area contributed by atoms with Gasteiger partial charge in [0.05, 0.1) is 11.6 Å². The number of nitrogens with one attached hydrogen (secondary N) is 1. The second kappa shape index (κ2) is 5.76. The standard InChI is InChI=1S/C16H16N4O/c17-13(10-11-6-2-1-3-7-11)16-18-15(19-20-16)12-8-4-5-9-14(12)21/h1-9,13,21H,10,17H2,(H,18,19,20)/t13-/m1/s1. The molecule has 1 atom stereocenters. The van der Waals surface area contributed by atoms with Gasteiger partial charge in [-0.25, -0.2) is 4.98 Å². The first-order chi connectivity index (χ1) is 10.2. The van der Waals surface area contributed by atoms with Crippen LogP contribution in [0, 0.1) is 0 Å². The molecule has 4 N–H and O–H groups in total. The zero-order valence-electron chi connectivity index (χ0n) is 11.4. The molecule has 0 aliphatic carbocycles. The van der Waals surface area contributed by atoms with Gasteiger partial charge in [0.25, 0.3) is 0 Å². The van der Waals surface area contributed by atoms with E-state index in [0.717, 1.165) is 5.56 Å². The highest BCUT2D eigenvalue weighted by Gasteiger charge is 2.14. The summed E-state index contributed by atoms with van der Waals surface area (Å²) in [5, 5.41) is 16.8. The summed E-state index contributed by atoms with van der Waals surface area (Å²) in [5.74, 6) is 1.21. The Morgan fingerprint density at radius 3 is 2.52 bits per heavy atom. The molecule has 0 spiro atoms. The van der Waals surface area contributed by atoms with E-state index in [0.29, 0.717) is 23.6 Å². The van der Waals surface area contributed by atoms with E-state index in [1.807, 2.05) is 36.4 Å². The number of H-pyrrole nitrogens is 1. The van der Waals surface area contributed by atoms with Crippen molar-refractivity contribution >= 4 is 0 Å². The smallest absolute Gasteiger partial charge is 0.184 e. The molecule has 0 saturated heterocycles. The molecule has 0 amide bonds. The van der Waals surface area contributed by atoms with Crippen LogP contribution in [0.2, 0.25) is 0 Å². The average Bonchev–Trinajstić information content (AvgIpc) is 2.98. The molecular weight excluding hydrogens is 264 g/mol. The molecule has 0 bridgehead atoms. The SMILES string of the molecule is N[C@H](Cc1ccccc1)c1nc(-c2ccccc2O)n[nH]1. The summed E-state index contributed by atoms with van der Waals surface area (Å²) in [6.45, 7) is 0. The van der Waals surface area contributed by atoms with Gasteiger partial charge in [0.15, 0.2) is 5.82 Å². The lowest BCUT2D eigenvalue weighted by Gasteiger charge is -2.07. The monoisotopic (exact) mass is 280 g/mol. The molecule has 5 nitrogen and oxygen atoms in total. The number of aromatic nitrogens is 3. The topological polar surface area (TPSA) is 87.8 Å². The summed E-state index contributed by atoms with van der Waals surface area (Å²) in [6, 6.07) is 16.7. The van der Waals surface area contributed by atoms with Crippen LogP contribution in [0.15, 0.2) is 54.6 Å². The Morgan fingerprint density at radius 2 is 1.76 bits per heavy atom. The molecule has 3 aromatic rings. The molecule has 0 radical (unpaired) electrons. The van der Waals surface area contributed by atoms with Crippen LogP contribution in [-0.4, -0.2) is 20.3 Å². The quantitative estimate of drug-likeness (QED) is 0.685. The molecule has 0 aliphatic heterocycles. The Morgan fingerprint density at radius 1 is 1.05 bits per heavy atom. The molecule has 5 heteroatoms. The van der Waals surface area contributed by atoms with E-state index in [1.165, 1.54) is 0 Å². The number of rotatable bonds is 4. The maximum atomic E-state index is 9.82. The van der Waals surface area contributed by atoms with Gasteiger partial charge >= 0.3 is 0 Å². The second-order valence-electron chi connectivity index (χ2n) is 4.86.